The van der Waals surface area contributed by atoms with Crippen LogP contribution in [0.3, 0.4) is 0 Å². The van der Waals surface area contributed by atoms with Gasteiger partial charge in [0.05, 0.1) is 6.10 Å². The first-order valence-electron chi connectivity index (χ1n) is 5.79. The maximum atomic E-state index is 12.2. The van der Waals surface area contributed by atoms with E-state index in [4.69, 9.17) is 4.52 Å². The first kappa shape index (κ1) is 13.5. The Balaban J connectivity index is 2.25. The van der Waals surface area contributed by atoms with Crippen LogP contribution in [0.5, 0.6) is 0 Å². The predicted molar refractivity (Wildman–Crippen MR) is 64.5 cm³/mol. The molecule has 1 aromatic rings. The fourth-order valence-corrected chi connectivity index (χ4v) is 3.94. The second-order valence-corrected chi connectivity index (χ2v) is 7.05. The minimum absolute atomic E-state index is 0.0969. The van der Waals surface area contributed by atoms with Crippen molar-refractivity contribution in [2.45, 2.75) is 51.2 Å². The summed E-state index contributed by atoms with van der Waals surface area (Å²) in [6.45, 7) is 6.82. The van der Waals surface area contributed by atoms with Crippen LogP contribution in [-0.4, -0.2) is 30.8 Å². The highest BCUT2D eigenvalue weighted by atomic mass is 32.2. The van der Waals surface area contributed by atoms with Crippen LogP contribution in [0.1, 0.15) is 31.7 Å². The van der Waals surface area contributed by atoms with Gasteiger partial charge in [-0.2, -0.15) is 0 Å². The van der Waals surface area contributed by atoms with E-state index in [0.717, 1.165) is 0 Å². The number of hydrogen-bond donors (Lipinski definition) is 2. The minimum atomic E-state index is -3.65. The number of nitrogens with zero attached hydrogens (tertiary/aromatic N) is 1. The Kier molecular flexibility index (Phi) is 3.03. The topological polar surface area (TPSA) is 92.4 Å². The highest BCUT2D eigenvalue weighted by molar-refractivity contribution is 7.89. The van der Waals surface area contributed by atoms with Crippen LogP contribution in [0.25, 0.3) is 0 Å². The van der Waals surface area contributed by atoms with Gasteiger partial charge in [0.15, 0.2) is 5.76 Å². The number of aromatic nitrogens is 1. The van der Waals surface area contributed by atoms with Gasteiger partial charge in [-0.25, -0.2) is 13.1 Å². The van der Waals surface area contributed by atoms with Gasteiger partial charge in [0.25, 0.3) is 0 Å². The molecule has 7 heteroatoms. The molecule has 1 saturated carbocycles. The number of nitrogens with one attached hydrogen (secondary N) is 1. The molecule has 2 unspecified atom stereocenters. The van der Waals surface area contributed by atoms with E-state index in [1.807, 2.05) is 13.8 Å². The maximum Gasteiger partial charge on any atom is 0.246 e. The molecule has 1 aliphatic carbocycles. The molecule has 2 rings (SSSR count). The lowest BCUT2D eigenvalue weighted by atomic mass is 9.65. The molecule has 0 radical (unpaired) electrons. The van der Waals surface area contributed by atoms with E-state index in [-0.39, 0.29) is 16.7 Å². The number of aryl methyl sites for hydroxylation is 2. The average Bonchev–Trinajstić information content (AvgIpc) is 2.58. The van der Waals surface area contributed by atoms with E-state index in [0.29, 0.717) is 12.1 Å². The van der Waals surface area contributed by atoms with Crippen molar-refractivity contribution in [3.8, 4) is 0 Å². The first-order chi connectivity index (χ1) is 8.16. The highest BCUT2D eigenvalue weighted by Gasteiger charge is 2.49. The summed E-state index contributed by atoms with van der Waals surface area (Å²) in [5, 5.41) is 13.3. The molecule has 0 amide bonds. The van der Waals surface area contributed by atoms with Crippen LogP contribution in [0, 0.1) is 19.3 Å². The number of aliphatic hydroxyl groups is 1. The second kappa shape index (κ2) is 4.04. The normalized spacial score (nSPS) is 26.9. The van der Waals surface area contributed by atoms with Crippen molar-refractivity contribution >= 4 is 10.0 Å². The van der Waals surface area contributed by atoms with Crippen LogP contribution in [0.15, 0.2) is 9.42 Å². The third-order valence-electron chi connectivity index (χ3n) is 3.75. The van der Waals surface area contributed by atoms with Crippen molar-refractivity contribution in [2.75, 3.05) is 0 Å². The summed E-state index contributed by atoms with van der Waals surface area (Å²) >= 11 is 0. The van der Waals surface area contributed by atoms with Crippen LogP contribution < -0.4 is 4.72 Å². The number of aliphatic hydroxyl groups excluding tert-OH is 1. The molecular formula is C11H18N2O4S. The molecule has 0 aromatic carbocycles. The molecule has 0 aliphatic heterocycles. The molecule has 0 spiro atoms. The molecule has 6 nitrogen and oxygen atoms in total. The second-order valence-electron chi connectivity index (χ2n) is 5.40. The smallest absolute Gasteiger partial charge is 0.246 e. The van der Waals surface area contributed by atoms with Gasteiger partial charge in [0.1, 0.15) is 10.6 Å². The Labute approximate surface area is 106 Å². The molecule has 0 saturated heterocycles. The van der Waals surface area contributed by atoms with E-state index in [1.165, 1.54) is 0 Å². The Morgan fingerprint density at radius 1 is 1.44 bits per heavy atom. The van der Waals surface area contributed by atoms with Gasteiger partial charge in [-0.05, 0) is 20.3 Å². The molecule has 1 heterocycles. The van der Waals surface area contributed by atoms with Gasteiger partial charge in [0, 0.05) is 11.5 Å². The SMILES string of the molecule is Cc1noc(C)c1S(=O)(=O)NC1CC(O)C1(C)C. The largest absolute Gasteiger partial charge is 0.392 e. The van der Waals surface area contributed by atoms with Crippen molar-refractivity contribution < 1.29 is 18.0 Å². The molecule has 0 bridgehead atoms. The summed E-state index contributed by atoms with van der Waals surface area (Å²) in [7, 11) is -3.65. The van der Waals surface area contributed by atoms with Gasteiger partial charge >= 0.3 is 0 Å². The maximum absolute atomic E-state index is 12.2. The third-order valence-corrected chi connectivity index (χ3v) is 5.47. The fourth-order valence-electron chi connectivity index (χ4n) is 2.21. The monoisotopic (exact) mass is 274 g/mol. The zero-order valence-corrected chi connectivity index (χ0v) is 11.7. The molecule has 1 aromatic heterocycles. The molecular weight excluding hydrogens is 256 g/mol. The molecule has 1 fully saturated rings. The molecule has 102 valence electrons. The minimum Gasteiger partial charge on any atom is -0.392 e. The van der Waals surface area contributed by atoms with E-state index < -0.39 is 21.5 Å². The molecule has 18 heavy (non-hydrogen) atoms. The number of rotatable bonds is 3. The average molecular weight is 274 g/mol. The van der Waals surface area contributed by atoms with Crippen molar-refractivity contribution in [3.05, 3.63) is 11.5 Å². The Bertz CT molecular complexity index is 542. The molecule has 2 N–H and O–H groups in total. The van der Waals surface area contributed by atoms with Crippen molar-refractivity contribution in [2.24, 2.45) is 5.41 Å². The summed E-state index contributed by atoms with van der Waals surface area (Å²) in [4.78, 5) is 0.0969. The van der Waals surface area contributed by atoms with Gasteiger partial charge in [-0.15, -0.1) is 0 Å². The number of sulfonamides is 1. The van der Waals surface area contributed by atoms with Crippen molar-refractivity contribution in [1.82, 2.24) is 9.88 Å². The van der Waals surface area contributed by atoms with Gasteiger partial charge in [0.2, 0.25) is 10.0 Å². The highest BCUT2D eigenvalue weighted by Crippen LogP contribution is 2.41. The Morgan fingerprint density at radius 2 is 2.06 bits per heavy atom. The van der Waals surface area contributed by atoms with Crippen LogP contribution >= 0.6 is 0 Å². The van der Waals surface area contributed by atoms with E-state index >= 15 is 0 Å². The zero-order chi connectivity index (χ0) is 13.7. The Hall–Kier alpha value is -0.920. The fraction of sp³-hybridized carbons (Fsp3) is 0.727. The zero-order valence-electron chi connectivity index (χ0n) is 10.9. The van der Waals surface area contributed by atoms with Crippen molar-refractivity contribution in [1.29, 1.82) is 0 Å². The third kappa shape index (κ3) is 1.96. The summed E-state index contributed by atoms with van der Waals surface area (Å²) in [6.07, 6.45) is -0.0508. The lowest BCUT2D eigenvalue weighted by Gasteiger charge is -2.49. The summed E-state index contributed by atoms with van der Waals surface area (Å²) in [5.74, 6) is 0.276. The Morgan fingerprint density at radius 3 is 2.44 bits per heavy atom. The molecule has 2 atom stereocenters. The summed E-state index contributed by atoms with van der Waals surface area (Å²) in [6, 6.07) is -0.272. The van der Waals surface area contributed by atoms with Gasteiger partial charge in [-0.3, -0.25) is 0 Å². The quantitative estimate of drug-likeness (QED) is 0.847. The predicted octanol–water partition coefficient (Wildman–Crippen LogP) is 0.729. The van der Waals surface area contributed by atoms with Gasteiger partial charge < -0.3 is 9.63 Å². The lowest BCUT2D eigenvalue weighted by Crippen LogP contribution is -2.61. The number of hydrogen-bond acceptors (Lipinski definition) is 5. The first-order valence-corrected chi connectivity index (χ1v) is 7.28. The van der Waals surface area contributed by atoms with Crippen LogP contribution in [0.4, 0.5) is 0 Å². The standard InChI is InChI=1S/C11H18N2O4S/c1-6-10(7(2)17-12-6)18(15,16)13-8-5-9(14)11(8,3)4/h8-9,13-14H,5H2,1-4H3. The van der Waals surface area contributed by atoms with Crippen molar-refractivity contribution in [3.63, 3.8) is 0 Å². The van der Waals surface area contributed by atoms with Gasteiger partial charge in [-0.1, -0.05) is 19.0 Å². The molecule has 1 aliphatic rings. The van der Waals surface area contributed by atoms with Crippen LogP contribution in [0.2, 0.25) is 0 Å². The van der Waals surface area contributed by atoms with E-state index in [2.05, 4.69) is 9.88 Å². The van der Waals surface area contributed by atoms with E-state index in [9.17, 15) is 13.5 Å². The van der Waals surface area contributed by atoms with E-state index in [1.54, 1.807) is 13.8 Å². The van der Waals surface area contributed by atoms with Crippen LogP contribution in [-0.2, 0) is 10.0 Å². The summed E-state index contributed by atoms with van der Waals surface area (Å²) in [5.41, 5.74) is -0.107. The lowest BCUT2D eigenvalue weighted by molar-refractivity contribution is -0.0645. The summed E-state index contributed by atoms with van der Waals surface area (Å²) < 4.78 is 32.0.